The third kappa shape index (κ3) is 12.2. The Morgan fingerprint density at radius 3 is 1.27 bits per heavy atom. The number of benzene rings is 2. The van der Waals surface area contributed by atoms with Crippen molar-refractivity contribution in [3.63, 3.8) is 0 Å². The van der Waals surface area contributed by atoms with E-state index >= 15 is 0 Å². The lowest BCUT2D eigenvalue weighted by Gasteiger charge is -2.63. The van der Waals surface area contributed by atoms with Crippen LogP contribution in [0.2, 0.25) is 0 Å². The summed E-state index contributed by atoms with van der Waals surface area (Å²) in [6.45, 7) is 21.2. The molecule has 99 heavy (non-hydrogen) atoms. The molecule has 2 aromatic heterocycles. The molecule has 548 valence electrons. The Bertz CT molecular complexity index is 3590. The minimum atomic E-state index is -0.487. The molecule has 15 heteroatoms. The van der Waals surface area contributed by atoms with Crippen molar-refractivity contribution in [3.05, 3.63) is 36.4 Å². The van der Waals surface area contributed by atoms with Crippen LogP contribution in [0.1, 0.15) is 262 Å². The van der Waals surface area contributed by atoms with Crippen molar-refractivity contribution in [1.82, 2.24) is 30.0 Å². The number of aromatic nitrogens is 6. The average Bonchev–Trinajstić information content (AvgIpc) is 1.71. The van der Waals surface area contributed by atoms with E-state index in [0.29, 0.717) is 86.6 Å². The van der Waals surface area contributed by atoms with Crippen molar-refractivity contribution in [1.29, 1.82) is 0 Å². The predicted molar refractivity (Wildman–Crippen MR) is 395 cm³/mol. The summed E-state index contributed by atoms with van der Waals surface area (Å²) in [7, 11) is 3.28. The van der Waals surface area contributed by atoms with E-state index < -0.39 is 16.8 Å². The van der Waals surface area contributed by atoms with Crippen molar-refractivity contribution in [2.24, 2.45) is 121 Å². The van der Waals surface area contributed by atoms with E-state index in [1.54, 1.807) is 23.7 Å². The van der Waals surface area contributed by atoms with Gasteiger partial charge in [-0.2, -0.15) is 9.90 Å². The van der Waals surface area contributed by atoms with E-state index in [4.69, 9.17) is 9.47 Å². The number of aliphatic hydroxyl groups is 3. The van der Waals surface area contributed by atoms with Gasteiger partial charge < -0.3 is 24.8 Å². The number of ether oxygens (including phenoxy) is 2. The molecule has 2 aromatic carbocycles. The van der Waals surface area contributed by atoms with Crippen LogP contribution in [0.4, 0.5) is 0 Å². The Labute approximate surface area is 602 Å². The molecular formula is C84H127BrN6O8. The smallest absolute Gasteiger partial charge is 0.159 e. The third-order valence-electron chi connectivity index (χ3n) is 33.2. The molecule has 0 unspecified atom stereocenters. The van der Waals surface area contributed by atoms with Crippen LogP contribution in [0.25, 0.3) is 22.1 Å². The summed E-state index contributed by atoms with van der Waals surface area (Å²) < 4.78 is 12.6. The van der Waals surface area contributed by atoms with E-state index in [9.17, 15) is 29.7 Å². The van der Waals surface area contributed by atoms with Crippen molar-refractivity contribution in [2.45, 2.75) is 292 Å². The van der Waals surface area contributed by atoms with Gasteiger partial charge in [0.25, 0.3) is 0 Å². The Morgan fingerprint density at radius 2 is 0.869 bits per heavy atom. The first-order chi connectivity index (χ1) is 46.7. The summed E-state index contributed by atoms with van der Waals surface area (Å²) >= 11 is 3.44. The number of hydrogen-bond acceptors (Lipinski definition) is 12. The Kier molecular flexibility index (Phi) is 20.3. The normalized spacial score (nSPS) is 44.6. The first kappa shape index (κ1) is 73.5. The van der Waals surface area contributed by atoms with Crippen molar-refractivity contribution >= 4 is 55.3 Å². The molecule has 0 amide bonds. The summed E-state index contributed by atoms with van der Waals surface area (Å²) in [5, 5.41) is 50.7. The summed E-state index contributed by atoms with van der Waals surface area (Å²) in [6.07, 6.45) is 35.0. The fourth-order valence-corrected chi connectivity index (χ4v) is 28.9. The molecule has 16 rings (SSSR count). The maximum absolute atomic E-state index is 13.8. The van der Waals surface area contributed by atoms with Crippen LogP contribution in [0.5, 0.6) is 11.5 Å². The molecule has 0 aliphatic heterocycles. The molecule has 0 saturated heterocycles. The fourth-order valence-electron chi connectivity index (χ4n) is 28.5. The monoisotopic (exact) mass is 1430 g/mol. The number of Topliss-reactive ketones (excluding diaryl/α,β-unsaturated/α-hetero) is 3. The quantitative estimate of drug-likeness (QED) is 0.108. The molecule has 12 saturated carbocycles. The van der Waals surface area contributed by atoms with Gasteiger partial charge in [-0.1, -0.05) is 82.2 Å². The molecule has 3 N–H and O–H groups in total. The first-order valence-corrected chi connectivity index (χ1v) is 40.9. The number of halogens is 1. The van der Waals surface area contributed by atoms with Gasteiger partial charge >= 0.3 is 0 Å². The number of hydrogen-bond donors (Lipinski definition) is 3. The highest BCUT2D eigenvalue weighted by Crippen LogP contribution is 2.73. The van der Waals surface area contributed by atoms with Gasteiger partial charge in [0.15, 0.2) is 22.6 Å². The Morgan fingerprint density at radius 1 is 0.475 bits per heavy atom. The topological polar surface area (TPSA) is 192 Å². The van der Waals surface area contributed by atoms with Gasteiger partial charge in [-0.05, 0) is 341 Å². The van der Waals surface area contributed by atoms with E-state index in [-0.39, 0.29) is 48.0 Å². The second-order valence-corrected chi connectivity index (χ2v) is 37.6. The maximum atomic E-state index is 13.8. The zero-order valence-electron chi connectivity index (χ0n) is 61.9. The second kappa shape index (κ2) is 27.3. The molecule has 12 fully saturated rings. The highest BCUT2D eigenvalue weighted by atomic mass is 79.9. The van der Waals surface area contributed by atoms with Crippen molar-refractivity contribution in [3.8, 4) is 11.5 Å². The SMILES string of the molecule is C.CC[C@]12CC[C@@](C)(O)C[C@@H]1CC[C@H]1[C@@H]3CC[C@H](C(=O)CBr)[C@@]3(C)CC[C@@H]12.CC[C@]12CC[C@@](C)(O)C[C@@H]1CC[C@H]1[C@@H]3CC[C@H](C(=O)Cn4nc5cccc(OC)c5n4)[C@@]3(C)CC[C@@H]12.CC[C@]12CC[C@@](C)(O)C[C@@H]1CC[C@H]1[C@@H]3CC[C@H](C(=O)Cn4nnc5c(OC)cccc54)[C@@]3(C)CC[C@@H]12. The minimum absolute atomic E-state index is 0. The van der Waals surface area contributed by atoms with E-state index in [2.05, 4.69) is 98.8 Å². The lowest BCUT2D eigenvalue weighted by Crippen LogP contribution is -2.56. The highest BCUT2D eigenvalue weighted by Gasteiger charge is 2.66. The minimum Gasteiger partial charge on any atom is -0.494 e. The molecule has 0 spiro atoms. The largest absolute Gasteiger partial charge is 0.494 e. The Balaban J connectivity index is 0.000000135. The van der Waals surface area contributed by atoms with Gasteiger partial charge in [0.2, 0.25) is 0 Å². The molecule has 4 aromatic rings. The first-order valence-electron chi connectivity index (χ1n) is 39.8. The van der Waals surface area contributed by atoms with Gasteiger partial charge in [-0.15, -0.1) is 10.2 Å². The molecule has 12 aliphatic rings. The van der Waals surface area contributed by atoms with Crippen molar-refractivity contribution in [2.75, 3.05) is 19.5 Å². The van der Waals surface area contributed by atoms with E-state index in [1.165, 1.54) is 122 Å². The Hall–Kier alpha value is -3.79. The van der Waals surface area contributed by atoms with Gasteiger partial charge in [0.1, 0.15) is 35.9 Å². The summed E-state index contributed by atoms with van der Waals surface area (Å²) in [5.74, 6) is 11.7. The summed E-state index contributed by atoms with van der Waals surface area (Å²) in [4.78, 5) is 41.7. The predicted octanol–water partition coefficient (Wildman–Crippen LogP) is 18.0. The molecule has 2 heterocycles. The fraction of sp³-hybridized carbons (Fsp3) is 0.821. The molecule has 24 atom stereocenters. The van der Waals surface area contributed by atoms with Crippen LogP contribution >= 0.6 is 15.9 Å². The number of rotatable bonds is 13. The highest BCUT2D eigenvalue weighted by molar-refractivity contribution is 9.09. The van der Waals surface area contributed by atoms with Crippen LogP contribution in [0, 0.1) is 121 Å². The van der Waals surface area contributed by atoms with Crippen LogP contribution in [0.15, 0.2) is 36.4 Å². The number of alkyl halides is 1. The van der Waals surface area contributed by atoms with Gasteiger partial charge in [0, 0.05) is 17.8 Å². The summed E-state index contributed by atoms with van der Waals surface area (Å²) in [6, 6.07) is 11.5. The van der Waals surface area contributed by atoms with Gasteiger partial charge in [-0.25, -0.2) is 4.68 Å². The molecule has 0 radical (unpaired) electrons. The zero-order chi connectivity index (χ0) is 69.3. The van der Waals surface area contributed by atoms with Crippen LogP contribution < -0.4 is 9.47 Å². The van der Waals surface area contributed by atoms with E-state index in [0.717, 1.165) is 134 Å². The molecule has 12 aliphatic carbocycles. The standard InChI is InChI=1S/2C30H43N3O3.C23H37BrO2.CH4/c1-5-30-16-15-28(2,35)17-19(30)9-10-20-21-11-12-23(29(21,3)14-13-22(20)30)25(34)18-33-24-7-6-8-26(36-4)27(24)31-32-33;1-5-30-16-15-28(2,35)17-19(30)9-10-20-21-11-12-23(29(21,3)14-13-22(20)30)25(34)18-33-31-24-7-6-8-26(36-4)27(24)32-33;1-4-23-12-11-21(2,26)13-15(23)5-6-16-17-7-8-19(20(25)14-24)22(17,3)10-9-18(16)23;/h2*6-8,19-23,35H,5,9-18H2,1-4H3;15-19,26H,4-14H2,1-3H3;1H4/t2*19-,20-,21-,22-,23+,28+,29-,30-;15-,16-,17-,18-,19+,21+,22-,23-;/m000./s1. The lowest BCUT2D eigenvalue weighted by molar-refractivity contribution is -0.158. The maximum Gasteiger partial charge on any atom is 0.159 e. The van der Waals surface area contributed by atoms with Crippen molar-refractivity contribution < 1.29 is 39.2 Å². The van der Waals surface area contributed by atoms with E-state index in [1.807, 2.05) is 36.4 Å². The summed E-state index contributed by atoms with van der Waals surface area (Å²) in [5.41, 5.74) is 3.33. The third-order valence-corrected chi connectivity index (χ3v) is 33.7. The number of nitrogens with zero attached hydrogens (tertiary/aromatic N) is 6. The number of methoxy groups -OCH3 is 2. The van der Waals surface area contributed by atoms with Crippen LogP contribution in [-0.4, -0.2) is 99.0 Å². The van der Waals surface area contributed by atoms with Crippen LogP contribution in [0.3, 0.4) is 0 Å². The number of ketones is 3. The lowest BCUT2D eigenvalue weighted by atomic mass is 9.42. The second-order valence-electron chi connectivity index (χ2n) is 37.0. The van der Waals surface area contributed by atoms with Gasteiger partial charge in [-0.3, -0.25) is 14.4 Å². The number of fused-ring (bicyclic) bond motifs is 17. The number of carbonyl (C=O) groups is 3. The average molecular weight is 1430 g/mol. The molecule has 0 bridgehead atoms. The number of carbonyl (C=O) groups excluding carboxylic acids is 3. The molecular weight excluding hydrogens is 1300 g/mol. The molecule has 14 nitrogen and oxygen atoms in total. The van der Waals surface area contributed by atoms with Crippen LogP contribution in [-0.2, 0) is 27.5 Å². The van der Waals surface area contributed by atoms with Gasteiger partial charge in [0.05, 0.1) is 41.9 Å². The zero-order valence-corrected chi connectivity index (χ0v) is 63.5.